The SMILES string of the molecule is COCCNC(=O)CNS(=O)(=O)c1ccc(C#N)nc1. The molecule has 0 radical (unpaired) electrons. The lowest BCUT2D eigenvalue weighted by atomic mass is 10.4. The summed E-state index contributed by atoms with van der Waals surface area (Å²) in [5, 5.41) is 11.0. The molecule has 0 saturated carbocycles. The summed E-state index contributed by atoms with van der Waals surface area (Å²) >= 11 is 0. The number of amides is 1. The van der Waals surface area contributed by atoms with Gasteiger partial charge in [-0.2, -0.15) is 5.26 Å². The molecule has 0 unspecified atom stereocenters. The molecule has 2 N–H and O–H groups in total. The predicted molar refractivity (Wildman–Crippen MR) is 69.0 cm³/mol. The number of nitriles is 1. The first kappa shape index (κ1) is 16.0. The topological polar surface area (TPSA) is 121 Å². The zero-order chi connectivity index (χ0) is 15.0. The van der Waals surface area contributed by atoms with Gasteiger partial charge in [0.2, 0.25) is 15.9 Å². The summed E-state index contributed by atoms with van der Waals surface area (Å²) < 4.78 is 30.5. The summed E-state index contributed by atoms with van der Waals surface area (Å²) in [6.45, 7) is 0.263. The van der Waals surface area contributed by atoms with E-state index in [1.807, 2.05) is 0 Å². The largest absolute Gasteiger partial charge is 0.383 e. The molecule has 0 spiro atoms. The van der Waals surface area contributed by atoms with Gasteiger partial charge in [-0.3, -0.25) is 4.79 Å². The summed E-state index contributed by atoms with van der Waals surface area (Å²) in [4.78, 5) is 14.9. The van der Waals surface area contributed by atoms with Gasteiger partial charge in [0.05, 0.1) is 13.2 Å². The Morgan fingerprint density at radius 1 is 1.50 bits per heavy atom. The molecule has 1 aromatic rings. The van der Waals surface area contributed by atoms with Crippen LogP contribution in [0.3, 0.4) is 0 Å². The van der Waals surface area contributed by atoms with E-state index in [0.29, 0.717) is 13.2 Å². The first-order chi connectivity index (χ1) is 9.49. The van der Waals surface area contributed by atoms with Crippen LogP contribution in [0.5, 0.6) is 0 Å². The van der Waals surface area contributed by atoms with E-state index in [4.69, 9.17) is 10.00 Å². The highest BCUT2D eigenvalue weighted by Gasteiger charge is 2.15. The van der Waals surface area contributed by atoms with Gasteiger partial charge >= 0.3 is 0 Å². The van der Waals surface area contributed by atoms with Gasteiger partial charge in [-0.15, -0.1) is 0 Å². The van der Waals surface area contributed by atoms with Crippen molar-refractivity contribution < 1.29 is 17.9 Å². The maximum Gasteiger partial charge on any atom is 0.242 e. The molecular formula is C11H14N4O4S. The highest BCUT2D eigenvalue weighted by Crippen LogP contribution is 2.06. The van der Waals surface area contributed by atoms with Crippen LogP contribution in [0.2, 0.25) is 0 Å². The van der Waals surface area contributed by atoms with Crippen LogP contribution in [-0.4, -0.2) is 46.1 Å². The zero-order valence-electron chi connectivity index (χ0n) is 10.8. The monoisotopic (exact) mass is 298 g/mol. The summed E-state index contributed by atoms with van der Waals surface area (Å²) in [6, 6.07) is 4.31. The molecule has 0 atom stereocenters. The van der Waals surface area contributed by atoms with Gasteiger partial charge in [0, 0.05) is 19.9 Å². The fourth-order valence-electron chi connectivity index (χ4n) is 1.20. The molecule has 1 amide bonds. The van der Waals surface area contributed by atoms with Crippen molar-refractivity contribution >= 4 is 15.9 Å². The van der Waals surface area contributed by atoms with Crippen LogP contribution in [0.4, 0.5) is 0 Å². The number of methoxy groups -OCH3 is 1. The molecule has 20 heavy (non-hydrogen) atoms. The second-order valence-corrected chi connectivity index (χ2v) is 5.43. The Morgan fingerprint density at radius 3 is 2.80 bits per heavy atom. The van der Waals surface area contributed by atoms with Crippen molar-refractivity contribution in [3.8, 4) is 6.07 Å². The number of sulfonamides is 1. The Morgan fingerprint density at radius 2 is 2.25 bits per heavy atom. The smallest absolute Gasteiger partial charge is 0.242 e. The fraction of sp³-hybridized carbons (Fsp3) is 0.364. The van der Waals surface area contributed by atoms with E-state index in [9.17, 15) is 13.2 Å². The fourth-order valence-corrected chi connectivity index (χ4v) is 2.13. The lowest BCUT2D eigenvalue weighted by Gasteiger charge is -2.07. The summed E-state index contributed by atoms with van der Waals surface area (Å²) in [5.74, 6) is -0.466. The van der Waals surface area contributed by atoms with Crippen molar-refractivity contribution in [2.45, 2.75) is 4.90 Å². The third-order valence-corrected chi connectivity index (χ3v) is 3.60. The van der Waals surface area contributed by atoms with Gasteiger partial charge in [0.15, 0.2) is 0 Å². The molecule has 8 nitrogen and oxygen atoms in total. The van der Waals surface area contributed by atoms with E-state index in [2.05, 4.69) is 15.0 Å². The molecule has 9 heteroatoms. The molecule has 0 fully saturated rings. The average Bonchev–Trinajstić information content (AvgIpc) is 2.45. The number of ether oxygens (including phenoxy) is 1. The minimum Gasteiger partial charge on any atom is -0.383 e. The molecule has 0 aromatic carbocycles. The lowest BCUT2D eigenvalue weighted by molar-refractivity contribution is -0.120. The van der Waals surface area contributed by atoms with Crippen molar-refractivity contribution in [1.29, 1.82) is 5.26 Å². The summed E-state index contributed by atoms with van der Waals surface area (Å²) in [6.07, 6.45) is 1.06. The third-order valence-electron chi connectivity index (χ3n) is 2.21. The van der Waals surface area contributed by atoms with Crippen molar-refractivity contribution in [2.75, 3.05) is 26.8 Å². The first-order valence-electron chi connectivity index (χ1n) is 5.61. The number of carbonyl (C=O) groups is 1. The maximum atomic E-state index is 11.8. The van der Waals surface area contributed by atoms with Crippen molar-refractivity contribution in [3.05, 3.63) is 24.0 Å². The number of carbonyl (C=O) groups excluding carboxylic acids is 1. The van der Waals surface area contributed by atoms with Gasteiger partial charge in [-0.25, -0.2) is 18.1 Å². The van der Waals surface area contributed by atoms with Crippen LogP contribution in [0.25, 0.3) is 0 Å². The van der Waals surface area contributed by atoms with Crippen LogP contribution >= 0.6 is 0 Å². The van der Waals surface area contributed by atoms with Gasteiger partial charge in [0.1, 0.15) is 16.7 Å². The number of nitrogens with zero attached hydrogens (tertiary/aromatic N) is 2. The Labute approximate surface area is 116 Å². The number of pyridine rings is 1. The zero-order valence-corrected chi connectivity index (χ0v) is 11.6. The van der Waals surface area contributed by atoms with Crippen molar-refractivity contribution in [3.63, 3.8) is 0 Å². The van der Waals surface area contributed by atoms with Crippen LogP contribution in [-0.2, 0) is 19.6 Å². The first-order valence-corrected chi connectivity index (χ1v) is 7.09. The quantitative estimate of drug-likeness (QED) is 0.622. The van der Waals surface area contributed by atoms with Crippen molar-refractivity contribution in [1.82, 2.24) is 15.0 Å². The van der Waals surface area contributed by atoms with E-state index in [1.165, 1.54) is 19.2 Å². The second-order valence-electron chi connectivity index (χ2n) is 3.66. The predicted octanol–water partition coefficient (Wildman–Crippen LogP) is -1.01. The molecule has 1 rings (SSSR count). The molecule has 0 saturated heterocycles. The van der Waals surface area contributed by atoms with E-state index < -0.39 is 15.9 Å². The number of hydrogen-bond donors (Lipinski definition) is 2. The normalized spacial score (nSPS) is 10.8. The standard InChI is InChI=1S/C11H14N4O4S/c1-19-5-4-13-11(16)8-15-20(17,18)10-3-2-9(6-12)14-7-10/h2-3,7,15H,4-5,8H2,1H3,(H,13,16). The van der Waals surface area contributed by atoms with Crippen LogP contribution in [0, 0.1) is 11.3 Å². The van der Waals surface area contributed by atoms with E-state index in [-0.39, 0.29) is 17.1 Å². The molecular weight excluding hydrogens is 284 g/mol. The third kappa shape index (κ3) is 4.93. The van der Waals surface area contributed by atoms with Gasteiger partial charge < -0.3 is 10.1 Å². The van der Waals surface area contributed by atoms with E-state index >= 15 is 0 Å². The van der Waals surface area contributed by atoms with E-state index in [1.54, 1.807) is 6.07 Å². The summed E-state index contributed by atoms with van der Waals surface area (Å²) in [5.41, 5.74) is 0.112. The second kappa shape index (κ2) is 7.54. The average molecular weight is 298 g/mol. The lowest BCUT2D eigenvalue weighted by Crippen LogP contribution is -2.38. The molecule has 1 heterocycles. The highest BCUT2D eigenvalue weighted by atomic mass is 32.2. The Kier molecular flexibility index (Phi) is 6.05. The Balaban J connectivity index is 2.57. The molecule has 0 aliphatic heterocycles. The van der Waals surface area contributed by atoms with Crippen LogP contribution in [0.15, 0.2) is 23.2 Å². The Hall–Kier alpha value is -2.02. The molecule has 1 aromatic heterocycles. The van der Waals surface area contributed by atoms with E-state index in [0.717, 1.165) is 6.20 Å². The maximum absolute atomic E-state index is 11.8. The minimum atomic E-state index is -3.82. The molecule has 0 aliphatic rings. The number of nitrogens with one attached hydrogen (secondary N) is 2. The molecule has 0 aliphatic carbocycles. The van der Waals surface area contributed by atoms with Crippen LogP contribution < -0.4 is 10.0 Å². The highest BCUT2D eigenvalue weighted by molar-refractivity contribution is 7.89. The van der Waals surface area contributed by atoms with Gasteiger partial charge in [-0.05, 0) is 12.1 Å². The number of hydrogen-bond acceptors (Lipinski definition) is 6. The molecule has 0 bridgehead atoms. The molecule has 108 valence electrons. The number of aromatic nitrogens is 1. The van der Waals surface area contributed by atoms with Gasteiger partial charge in [-0.1, -0.05) is 0 Å². The van der Waals surface area contributed by atoms with Crippen LogP contribution in [0.1, 0.15) is 5.69 Å². The summed E-state index contributed by atoms with van der Waals surface area (Å²) in [7, 11) is -2.33. The Bertz CT molecular complexity index is 592. The minimum absolute atomic E-state index is 0.110. The number of rotatable bonds is 7. The van der Waals surface area contributed by atoms with Gasteiger partial charge in [0.25, 0.3) is 0 Å². The van der Waals surface area contributed by atoms with Crippen molar-refractivity contribution in [2.24, 2.45) is 0 Å².